The number of hydrogen-bond acceptors (Lipinski definition) is 4. The Hall–Kier alpha value is -3.32. The quantitative estimate of drug-likeness (QED) is 0.438. The standard InChI is InChI=1S/C18H15N5OS/c19-17-20-10-15(23-17)11-2-1-3-13(8-11)21-18(24)22-14-4-5-16-12(9-14)6-7-25-16/h1-10H,(H3,19,20,23)(H2,21,22,24). The van der Waals surface area contributed by atoms with Crippen LogP contribution in [0.15, 0.2) is 60.1 Å². The third kappa shape index (κ3) is 3.31. The number of H-pyrrole nitrogens is 1. The van der Waals surface area contributed by atoms with E-state index < -0.39 is 0 Å². The third-order valence-corrected chi connectivity index (χ3v) is 4.64. The first kappa shape index (κ1) is 15.2. The number of nitrogens with one attached hydrogen (secondary N) is 3. The molecule has 4 rings (SSSR count). The summed E-state index contributed by atoms with van der Waals surface area (Å²) in [5, 5.41) is 8.83. The number of benzene rings is 2. The number of urea groups is 1. The van der Waals surface area contributed by atoms with Gasteiger partial charge in [0.15, 0.2) is 5.95 Å². The first-order valence-electron chi connectivity index (χ1n) is 7.63. The van der Waals surface area contributed by atoms with Gasteiger partial charge in [-0.05, 0) is 47.2 Å². The molecule has 2 aromatic carbocycles. The molecule has 0 spiro atoms. The summed E-state index contributed by atoms with van der Waals surface area (Å²) >= 11 is 1.67. The number of anilines is 3. The van der Waals surface area contributed by atoms with E-state index in [0.29, 0.717) is 11.6 Å². The van der Waals surface area contributed by atoms with Crippen LogP contribution in [0.1, 0.15) is 0 Å². The number of nitrogens with two attached hydrogens (primary N) is 1. The Morgan fingerprint density at radius 2 is 1.92 bits per heavy atom. The molecular formula is C18H15N5OS. The average molecular weight is 349 g/mol. The lowest BCUT2D eigenvalue weighted by molar-refractivity contribution is 0.262. The molecule has 0 fully saturated rings. The van der Waals surface area contributed by atoms with Gasteiger partial charge in [-0.25, -0.2) is 9.78 Å². The summed E-state index contributed by atoms with van der Waals surface area (Å²) in [5.41, 5.74) is 8.72. The van der Waals surface area contributed by atoms with Crippen LogP contribution < -0.4 is 16.4 Å². The summed E-state index contributed by atoms with van der Waals surface area (Å²) < 4.78 is 1.19. The van der Waals surface area contributed by atoms with Gasteiger partial charge in [0.05, 0.1) is 11.9 Å². The van der Waals surface area contributed by atoms with Crippen molar-refractivity contribution < 1.29 is 4.79 Å². The molecule has 2 aromatic heterocycles. The molecule has 5 N–H and O–H groups in total. The number of rotatable bonds is 3. The van der Waals surface area contributed by atoms with Gasteiger partial charge < -0.3 is 21.4 Å². The molecule has 0 bridgehead atoms. The lowest BCUT2D eigenvalue weighted by Gasteiger charge is -2.09. The van der Waals surface area contributed by atoms with Gasteiger partial charge in [-0.3, -0.25) is 0 Å². The summed E-state index contributed by atoms with van der Waals surface area (Å²) in [7, 11) is 0. The van der Waals surface area contributed by atoms with Gasteiger partial charge in [-0.1, -0.05) is 12.1 Å². The number of nitrogen functional groups attached to an aromatic ring is 1. The molecule has 0 radical (unpaired) electrons. The fourth-order valence-electron chi connectivity index (χ4n) is 2.59. The minimum atomic E-state index is -0.296. The van der Waals surface area contributed by atoms with Crippen molar-refractivity contribution in [3.8, 4) is 11.3 Å². The second-order valence-electron chi connectivity index (χ2n) is 5.52. The van der Waals surface area contributed by atoms with Crippen molar-refractivity contribution in [2.75, 3.05) is 16.4 Å². The number of hydrogen-bond donors (Lipinski definition) is 4. The monoisotopic (exact) mass is 349 g/mol. The van der Waals surface area contributed by atoms with Crippen LogP contribution in [-0.4, -0.2) is 16.0 Å². The molecule has 0 saturated heterocycles. The average Bonchev–Trinajstić information content (AvgIpc) is 3.23. The van der Waals surface area contributed by atoms with Crippen LogP contribution in [0.25, 0.3) is 21.3 Å². The van der Waals surface area contributed by atoms with Gasteiger partial charge in [0, 0.05) is 21.6 Å². The summed E-state index contributed by atoms with van der Waals surface area (Å²) in [6, 6.07) is 15.0. The smallest absolute Gasteiger partial charge is 0.323 e. The SMILES string of the molecule is Nc1ncc(-c2cccc(NC(=O)Nc3ccc4sccc4c3)c2)[nH]1. The number of aromatic amines is 1. The predicted molar refractivity (Wildman–Crippen MR) is 103 cm³/mol. The second kappa shape index (κ2) is 6.29. The Morgan fingerprint density at radius 3 is 2.72 bits per heavy atom. The highest BCUT2D eigenvalue weighted by molar-refractivity contribution is 7.17. The first-order valence-corrected chi connectivity index (χ1v) is 8.51. The Kier molecular flexibility index (Phi) is 3.83. The van der Waals surface area contributed by atoms with Crippen molar-refractivity contribution in [3.05, 3.63) is 60.1 Å². The Morgan fingerprint density at radius 1 is 1.08 bits per heavy atom. The molecule has 0 unspecified atom stereocenters. The number of amides is 2. The topological polar surface area (TPSA) is 95.8 Å². The zero-order valence-electron chi connectivity index (χ0n) is 13.1. The summed E-state index contributed by atoms with van der Waals surface area (Å²) in [5.74, 6) is 0.356. The highest BCUT2D eigenvalue weighted by Gasteiger charge is 2.06. The number of nitrogens with zero attached hydrogens (tertiary/aromatic N) is 1. The van der Waals surface area contributed by atoms with Gasteiger partial charge >= 0.3 is 6.03 Å². The maximum atomic E-state index is 12.2. The van der Waals surface area contributed by atoms with E-state index in [-0.39, 0.29) is 6.03 Å². The fourth-order valence-corrected chi connectivity index (χ4v) is 3.36. The fraction of sp³-hybridized carbons (Fsp3) is 0. The Bertz CT molecular complexity index is 1050. The zero-order valence-corrected chi connectivity index (χ0v) is 13.9. The Balaban J connectivity index is 1.48. The second-order valence-corrected chi connectivity index (χ2v) is 6.46. The largest absolute Gasteiger partial charge is 0.369 e. The molecule has 2 heterocycles. The number of thiophene rings is 1. The molecule has 7 heteroatoms. The number of carbonyl (C=O) groups excluding carboxylic acids is 1. The summed E-state index contributed by atoms with van der Waals surface area (Å²) in [6.07, 6.45) is 1.66. The molecular weight excluding hydrogens is 334 g/mol. The molecule has 6 nitrogen and oxygen atoms in total. The van der Waals surface area contributed by atoms with Crippen molar-refractivity contribution >= 4 is 44.8 Å². The normalized spacial score (nSPS) is 10.7. The van der Waals surface area contributed by atoms with Crippen molar-refractivity contribution in [2.45, 2.75) is 0 Å². The van der Waals surface area contributed by atoms with Gasteiger partial charge in [0.25, 0.3) is 0 Å². The van der Waals surface area contributed by atoms with E-state index in [1.54, 1.807) is 17.5 Å². The van der Waals surface area contributed by atoms with Crippen molar-refractivity contribution in [3.63, 3.8) is 0 Å². The number of carbonyl (C=O) groups is 1. The lowest BCUT2D eigenvalue weighted by Crippen LogP contribution is -2.19. The highest BCUT2D eigenvalue weighted by Crippen LogP contribution is 2.25. The predicted octanol–water partition coefficient (Wildman–Crippen LogP) is 4.52. The van der Waals surface area contributed by atoms with Gasteiger partial charge in [0.2, 0.25) is 0 Å². The van der Waals surface area contributed by atoms with Crippen LogP contribution in [0.5, 0.6) is 0 Å². The van der Waals surface area contributed by atoms with Crippen molar-refractivity contribution in [2.24, 2.45) is 0 Å². The van der Waals surface area contributed by atoms with E-state index in [9.17, 15) is 4.79 Å². The van der Waals surface area contributed by atoms with E-state index in [4.69, 9.17) is 5.73 Å². The molecule has 0 aliphatic carbocycles. The van der Waals surface area contributed by atoms with Crippen LogP contribution in [-0.2, 0) is 0 Å². The maximum Gasteiger partial charge on any atom is 0.323 e. The van der Waals surface area contributed by atoms with E-state index in [1.165, 1.54) is 4.70 Å². The lowest BCUT2D eigenvalue weighted by atomic mass is 10.1. The molecule has 0 atom stereocenters. The maximum absolute atomic E-state index is 12.2. The van der Waals surface area contributed by atoms with E-state index in [1.807, 2.05) is 53.9 Å². The minimum Gasteiger partial charge on any atom is -0.369 e. The van der Waals surface area contributed by atoms with E-state index in [0.717, 1.165) is 22.3 Å². The van der Waals surface area contributed by atoms with E-state index >= 15 is 0 Å². The zero-order chi connectivity index (χ0) is 17.2. The number of imidazole rings is 1. The molecule has 25 heavy (non-hydrogen) atoms. The summed E-state index contributed by atoms with van der Waals surface area (Å²) in [6.45, 7) is 0. The number of aromatic nitrogens is 2. The minimum absolute atomic E-state index is 0.296. The summed E-state index contributed by atoms with van der Waals surface area (Å²) in [4.78, 5) is 19.2. The van der Waals surface area contributed by atoms with Crippen LogP contribution in [0.3, 0.4) is 0 Å². The third-order valence-electron chi connectivity index (χ3n) is 3.74. The first-order chi connectivity index (χ1) is 12.2. The molecule has 2 amide bonds. The molecule has 0 aliphatic rings. The molecule has 124 valence electrons. The van der Waals surface area contributed by atoms with Gasteiger partial charge in [-0.2, -0.15) is 0 Å². The van der Waals surface area contributed by atoms with Gasteiger partial charge in [-0.15, -0.1) is 11.3 Å². The van der Waals surface area contributed by atoms with Gasteiger partial charge in [0.1, 0.15) is 0 Å². The van der Waals surface area contributed by atoms with Crippen LogP contribution in [0.4, 0.5) is 22.1 Å². The van der Waals surface area contributed by atoms with Crippen molar-refractivity contribution in [1.82, 2.24) is 9.97 Å². The molecule has 0 saturated carbocycles. The van der Waals surface area contributed by atoms with Crippen LogP contribution in [0.2, 0.25) is 0 Å². The highest BCUT2D eigenvalue weighted by atomic mass is 32.1. The molecule has 0 aliphatic heterocycles. The van der Waals surface area contributed by atoms with Crippen LogP contribution in [0, 0.1) is 0 Å². The molecule has 4 aromatic rings. The van der Waals surface area contributed by atoms with Crippen LogP contribution >= 0.6 is 11.3 Å². The Labute approximate surface area is 147 Å². The number of fused-ring (bicyclic) bond motifs is 1. The van der Waals surface area contributed by atoms with E-state index in [2.05, 4.69) is 20.6 Å². The van der Waals surface area contributed by atoms with Crippen molar-refractivity contribution in [1.29, 1.82) is 0 Å².